The van der Waals surface area contributed by atoms with Gasteiger partial charge in [-0.15, -0.1) is 0 Å². The zero-order chi connectivity index (χ0) is 35.8. The maximum Gasteiger partial charge on any atom is 0.405 e. The fraction of sp³-hybridized carbons (Fsp3) is 0.571. The highest BCUT2D eigenvalue weighted by Crippen LogP contribution is 2.46. The van der Waals surface area contributed by atoms with Gasteiger partial charge in [-0.3, -0.25) is 19.1 Å². The highest BCUT2D eigenvalue weighted by molar-refractivity contribution is 7.91. The first-order valence-electron chi connectivity index (χ1n) is 17.3. The molecule has 270 valence electrons. The van der Waals surface area contributed by atoms with Crippen molar-refractivity contribution >= 4 is 44.6 Å². The lowest BCUT2D eigenvalue weighted by Gasteiger charge is -2.33. The molecule has 4 amide bonds. The van der Waals surface area contributed by atoms with Crippen molar-refractivity contribution in [2.45, 2.75) is 94.2 Å². The normalized spacial score (nSPS) is 30.9. The number of nitrogens with zero attached hydrogens (tertiary/aromatic N) is 2. The Labute approximate surface area is 291 Å². The van der Waals surface area contributed by atoms with Crippen LogP contribution in [0.4, 0.5) is 4.79 Å². The molecule has 3 heterocycles. The first kappa shape index (κ1) is 35.4. The summed E-state index contributed by atoms with van der Waals surface area (Å²) in [5, 5.41) is 15.9. The molecule has 0 spiro atoms. The average molecular weight is 712 g/mol. The molecular formula is C35H45N5O9S. The smallest absolute Gasteiger partial charge is 0.405 e. The van der Waals surface area contributed by atoms with Crippen molar-refractivity contribution in [1.82, 2.24) is 25.2 Å². The number of carbonyl (C=O) groups is 4. The topological polar surface area (TPSA) is 193 Å². The van der Waals surface area contributed by atoms with Gasteiger partial charge in [0.25, 0.3) is 5.91 Å². The van der Waals surface area contributed by atoms with Crippen LogP contribution in [0.5, 0.6) is 11.6 Å². The van der Waals surface area contributed by atoms with Crippen LogP contribution in [0.3, 0.4) is 0 Å². The lowest BCUT2D eigenvalue weighted by molar-refractivity contribution is -0.142. The van der Waals surface area contributed by atoms with Crippen molar-refractivity contribution in [3.05, 3.63) is 42.6 Å². The molecule has 15 heteroatoms. The molecule has 7 atom stereocenters. The van der Waals surface area contributed by atoms with Crippen LogP contribution < -0.4 is 24.8 Å². The molecule has 6 rings (SSSR count). The number of hydrogen-bond donors (Lipinski definition) is 4. The lowest BCUT2D eigenvalue weighted by atomic mass is 9.85. The molecule has 4 aliphatic rings. The van der Waals surface area contributed by atoms with Crippen molar-refractivity contribution in [2.75, 3.05) is 13.7 Å². The number of carbonyl (C=O) groups excluding carboxylic acids is 3. The summed E-state index contributed by atoms with van der Waals surface area (Å²) in [6.45, 7) is 3.90. The summed E-state index contributed by atoms with van der Waals surface area (Å²) in [5.41, 5.74) is -1.52. The molecule has 1 aromatic heterocycles. The van der Waals surface area contributed by atoms with Gasteiger partial charge in [0.2, 0.25) is 27.7 Å². The molecule has 0 radical (unpaired) electrons. The largest absolute Gasteiger partial charge is 0.496 e. The summed E-state index contributed by atoms with van der Waals surface area (Å²) >= 11 is 0. The Morgan fingerprint density at radius 1 is 1.14 bits per heavy atom. The molecule has 2 aliphatic carbocycles. The first-order valence-corrected chi connectivity index (χ1v) is 18.8. The Morgan fingerprint density at radius 3 is 2.62 bits per heavy atom. The molecule has 50 heavy (non-hydrogen) atoms. The molecule has 4 N–H and O–H groups in total. The summed E-state index contributed by atoms with van der Waals surface area (Å²) in [5.74, 6) is -1.80. The zero-order valence-corrected chi connectivity index (χ0v) is 29.3. The number of ether oxygens (including phenoxy) is 2. The fourth-order valence-electron chi connectivity index (χ4n) is 7.43. The van der Waals surface area contributed by atoms with E-state index in [1.807, 2.05) is 38.1 Å². The quantitative estimate of drug-likeness (QED) is 0.296. The summed E-state index contributed by atoms with van der Waals surface area (Å²) in [6, 6.07) is 4.94. The van der Waals surface area contributed by atoms with Gasteiger partial charge in [0.15, 0.2) is 0 Å². The Bertz CT molecular complexity index is 1800. The van der Waals surface area contributed by atoms with Crippen LogP contribution in [0.15, 0.2) is 42.6 Å². The second kappa shape index (κ2) is 14.1. The van der Waals surface area contributed by atoms with Gasteiger partial charge in [-0.05, 0) is 68.6 Å². The standard InChI is InChI=1S/C35H45N5O9S/c1-4-21-16-20(2)8-5-6-9-22-18-35(22,33(43)39-50(46,47)24-12-13-24)38-30(41)27-17-23(19-40(27)32(42)29(21)37-34(44)45)49-31-26-10-7-11-28(48-3)25(26)14-15-36-31/h6-7,9-11,14-15,20-24,27,29,37H,4-5,8,12-13,16-19H2,1-3H3,(H,38,41)(H,39,43)(H,44,45)/b9-6-/t20-,21-,22-,23-,27+,29+,35-/m1/s1. The number of nitrogens with one attached hydrogen (secondary N) is 3. The molecule has 14 nitrogen and oxygen atoms in total. The van der Waals surface area contributed by atoms with Crippen molar-refractivity contribution in [3.8, 4) is 11.6 Å². The number of methoxy groups -OCH3 is 1. The van der Waals surface area contributed by atoms with Crippen LogP contribution in [-0.4, -0.2) is 89.9 Å². The third kappa shape index (κ3) is 7.23. The van der Waals surface area contributed by atoms with E-state index in [-0.39, 0.29) is 37.1 Å². The predicted octanol–water partition coefficient (Wildman–Crippen LogP) is 3.11. The minimum atomic E-state index is -3.90. The fourth-order valence-corrected chi connectivity index (χ4v) is 8.79. The van der Waals surface area contributed by atoms with Gasteiger partial charge >= 0.3 is 6.09 Å². The monoisotopic (exact) mass is 711 g/mol. The molecular weight excluding hydrogens is 666 g/mol. The molecule has 0 bridgehead atoms. The number of carboxylic acid groups (broad SMARTS) is 1. The summed E-state index contributed by atoms with van der Waals surface area (Å²) in [7, 11) is -2.34. The van der Waals surface area contributed by atoms with Gasteiger partial charge in [0, 0.05) is 29.3 Å². The second-order valence-electron chi connectivity index (χ2n) is 14.0. The predicted molar refractivity (Wildman–Crippen MR) is 183 cm³/mol. The molecule has 2 saturated carbocycles. The molecule has 3 fully saturated rings. The number of hydrogen-bond acceptors (Lipinski definition) is 9. The van der Waals surface area contributed by atoms with E-state index in [4.69, 9.17) is 9.47 Å². The summed E-state index contributed by atoms with van der Waals surface area (Å²) in [6.07, 6.45) is 6.93. The van der Waals surface area contributed by atoms with Crippen LogP contribution in [0, 0.1) is 17.8 Å². The Hall–Kier alpha value is -4.40. The Morgan fingerprint density at radius 2 is 1.92 bits per heavy atom. The SMILES string of the molecule is CC[C@@H]1C[C@H](C)CC/C=C\[C@@H]2C[C@@]2(C(=O)NS(=O)(=O)C2CC2)NC(=O)[C@@H]2C[C@@H](Oc3nccc4c(OC)cccc34)CN2C(=O)[C@H]1NC(=O)O. The van der Waals surface area contributed by atoms with E-state index >= 15 is 0 Å². The van der Waals surface area contributed by atoms with E-state index in [9.17, 15) is 32.7 Å². The van der Waals surface area contributed by atoms with Gasteiger partial charge in [-0.1, -0.05) is 38.5 Å². The van der Waals surface area contributed by atoms with Crippen LogP contribution in [0.25, 0.3) is 10.8 Å². The molecule has 1 saturated heterocycles. The third-order valence-corrected chi connectivity index (χ3v) is 12.3. The molecule has 2 aromatic rings. The van der Waals surface area contributed by atoms with Gasteiger partial charge in [0.05, 0.1) is 18.9 Å². The van der Waals surface area contributed by atoms with Crippen LogP contribution in [0.1, 0.15) is 65.2 Å². The maximum absolute atomic E-state index is 14.5. The van der Waals surface area contributed by atoms with Gasteiger partial charge in [0.1, 0.15) is 29.5 Å². The van der Waals surface area contributed by atoms with Crippen LogP contribution in [-0.2, 0) is 24.4 Å². The van der Waals surface area contributed by atoms with Crippen LogP contribution in [0.2, 0.25) is 0 Å². The number of benzene rings is 1. The van der Waals surface area contributed by atoms with Crippen molar-refractivity contribution in [1.29, 1.82) is 0 Å². The summed E-state index contributed by atoms with van der Waals surface area (Å²) < 4.78 is 39.6. The minimum Gasteiger partial charge on any atom is -0.496 e. The number of sulfonamides is 1. The number of pyridine rings is 1. The molecule has 1 aromatic carbocycles. The van der Waals surface area contributed by atoms with E-state index in [0.717, 1.165) is 11.8 Å². The Balaban J connectivity index is 1.35. The number of rotatable bonds is 8. The van der Waals surface area contributed by atoms with Gasteiger partial charge in [-0.25, -0.2) is 18.2 Å². The van der Waals surface area contributed by atoms with E-state index in [1.54, 1.807) is 25.4 Å². The van der Waals surface area contributed by atoms with E-state index < -0.39 is 68.7 Å². The van der Waals surface area contributed by atoms with Gasteiger partial charge in [-0.2, -0.15) is 0 Å². The second-order valence-corrected chi connectivity index (χ2v) is 16.0. The van der Waals surface area contributed by atoms with Gasteiger partial charge < -0.3 is 30.1 Å². The number of aromatic nitrogens is 1. The molecule has 2 aliphatic heterocycles. The minimum absolute atomic E-state index is 0.0190. The van der Waals surface area contributed by atoms with E-state index in [0.29, 0.717) is 43.2 Å². The lowest BCUT2D eigenvalue weighted by Crippen LogP contribution is -2.59. The Kier molecular flexibility index (Phi) is 9.98. The third-order valence-electron chi connectivity index (χ3n) is 10.5. The number of fused-ring (bicyclic) bond motifs is 3. The highest BCUT2D eigenvalue weighted by atomic mass is 32.2. The summed E-state index contributed by atoms with van der Waals surface area (Å²) in [4.78, 5) is 60.2. The van der Waals surface area contributed by atoms with E-state index in [2.05, 4.69) is 20.3 Å². The van der Waals surface area contributed by atoms with Crippen molar-refractivity contribution < 1.29 is 42.2 Å². The van der Waals surface area contributed by atoms with Crippen molar-refractivity contribution in [2.24, 2.45) is 17.8 Å². The number of allylic oxidation sites excluding steroid dienone is 1. The van der Waals surface area contributed by atoms with Crippen LogP contribution >= 0.6 is 0 Å². The molecule has 0 unspecified atom stereocenters. The number of amides is 4. The average Bonchev–Trinajstić information content (AvgIpc) is 4.01. The highest BCUT2D eigenvalue weighted by Gasteiger charge is 2.62. The van der Waals surface area contributed by atoms with Crippen molar-refractivity contribution in [3.63, 3.8) is 0 Å². The first-order chi connectivity index (χ1) is 23.9. The zero-order valence-electron chi connectivity index (χ0n) is 28.5. The van der Waals surface area contributed by atoms with E-state index in [1.165, 1.54) is 4.90 Å². The maximum atomic E-state index is 14.5.